The van der Waals surface area contributed by atoms with E-state index in [0.717, 1.165) is 5.56 Å². The van der Waals surface area contributed by atoms with Crippen LogP contribution in [0.1, 0.15) is 5.56 Å². The van der Waals surface area contributed by atoms with Crippen LogP contribution in [0.4, 0.5) is 5.69 Å². The Hall–Kier alpha value is -1.47. The van der Waals surface area contributed by atoms with Crippen molar-refractivity contribution in [2.75, 3.05) is 0 Å². The Balaban J connectivity index is 2.98. The number of rotatable bonds is 1. The fourth-order valence-electron chi connectivity index (χ4n) is 0.731. The topological polar surface area (TPSA) is 43.1 Å². The average Bonchev–Trinajstić information content (AvgIpc) is 2.06. The van der Waals surface area contributed by atoms with Crippen molar-refractivity contribution in [2.45, 2.75) is 0 Å². The van der Waals surface area contributed by atoms with Crippen LogP contribution >= 0.6 is 12.6 Å². The lowest BCUT2D eigenvalue weighted by Crippen LogP contribution is -1.86. The van der Waals surface area contributed by atoms with Gasteiger partial charge in [0.25, 0.3) is 5.69 Å². The van der Waals surface area contributed by atoms with Crippen LogP contribution in [-0.2, 0) is 0 Å². The summed E-state index contributed by atoms with van der Waals surface area (Å²) in [6, 6.07) is 5.99. The molecule has 1 aromatic carbocycles. The number of nitro groups is 1. The Morgan fingerprint density at radius 2 is 1.92 bits per heavy atom. The largest absolute Gasteiger partial charge is 0.269 e. The first-order chi connectivity index (χ1) is 5.74. The van der Waals surface area contributed by atoms with Crippen molar-refractivity contribution in [1.29, 1.82) is 0 Å². The number of non-ortho nitro benzene ring substituents is 1. The van der Waals surface area contributed by atoms with Gasteiger partial charge in [0.15, 0.2) is 0 Å². The van der Waals surface area contributed by atoms with Crippen LogP contribution < -0.4 is 0 Å². The lowest BCUT2D eigenvalue weighted by molar-refractivity contribution is -0.384. The van der Waals surface area contributed by atoms with Gasteiger partial charge < -0.3 is 0 Å². The van der Waals surface area contributed by atoms with Gasteiger partial charge in [-0.05, 0) is 17.4 Å². The molecular weight excluding hydrogens is 174 g/mol. The third-order valence-corrected chi connectivity index (χ3v) is 1.39. The Morgan fingerprint density at radius 3 is 2.33 bits per heavy atom. The molecule has 0 fully saturated rings. The minimum absolute atomic E-state index is 0.0692. The van der Waals surface area contributed by atoms with Gasteiger partial charge in [0, 0.05) is 17.7 Å². The van der Waals surface area contributed by atoms with E-state index < -0.39 is 4.92 Å². The van der Waals surface area contributed by atoms with E-state index in [0.29, 0.717) is 0 Å². The van der Waals surface area contributed by atoms with Crippen molar-refractivity contribution in [1.82, 2.24) is 0 Å². The molecule has 0 aliphatic rings. The maximum atomic E-state index is 10.2. The zero-order chi connectivity index (χ0) is 8.97. The van der Waals surface area contributed by atoms with Gasteiger partial charge in [-0.15, -0.1) is 0 Å². The Kier molecular flexibility index (Phi) is 2.72. The molecule has 0 aliphatic heterocycles. The Labute approximate surface area is 75.0 Å². The summed E-state index contributed by atoms with van der Waals surface area (Å²) in [4.78, 5) is 9.78. The lowest BCUT2D eigenvalue weighted by Gasteiger charge is -1.90. The molecule has 0 aliphatic carbocycles. The van der Waals surface area contributed by atoms with E-state index in [1.807, 2.05) is 0 Å². The smallest absolute Gasteiger partial charge is 0.258 e. The molecule has 4 heteroatoms. The third kappa shape index (κ3) is 2.01. The molecule has 60 valence electrons. The zero-order valence-corrected chi connectivity index (χ0v) is 6.91. The van der Waals surface area contributed by atoms with Gasteiger partial charge in [0.05, 0.1) is 4.92 Å². The highest BCUT2D eigenvalue weighted by Crippen LogP contribution is 2.10. The Morgan fingerprint density at radius 1 is 1.33 bits per heavy atom. The molecule has 12 heavy (non-hydrogen) atoms. The zero-order valence-electron chi connectivity index (χ0n) is 6.02. The van der Waals surface area contributed by atoms with E-state index in [2.05, 4.69) is 23.8 Å². The van der Waals surface area contributed by atoms with Crippen LogP contribution in [0.25, 0.3) is 0 Å². The standard InChI is InChI=1S/C8H5NO2S/c10-9(11)8-3-1-7(2-4-8)5-6-12/h1-4,12H. The van der Waals surface area contributed by atoms with Gasteiger partial charge in [0.2, 0.25) is 0 Å². The number of thiol groups is 1. The van der Waals surface area contributed by atoms with Crippen LogP contribution in [0.2, 0.25) is 0 Å². The number of nitro benzene ring substituents is 1. The molecule has 1 aromatic rings. The molecule has 0 saturated carbocycles. The number of nitrogens with zero attached hydrogens (tertiary/aromatic N) is 1. The van der Waals surface area contributed by atoms with Gasteiger partial charge in [-0.2, -0.15) is 0 Å². The number of benzene rings is 1. The van der Waals surface area contributed by atoms with Gasteiger partial charge in [-0.25, -0.2) is 0 Å². The quantitative estimate of drug-likeness (QED) is 0.309. The first kappa shape index (κ1) is 8.62. The summed E-state index contributed by atoms with van der Waals surface area (Å²) in [6.45, 7) is 0. The molecule has 3 nitrogen and oxygen atoms in total. The SMILES string of the molecule is O=[N+]([O-])c1ccc(C#CS)cc1. The summed E-state index contributed by atoms with van der Waals surface area (Å²) >= 11 is 3.70. The van der Waals surface area contributed by atoms with Crippen molar-refractivity contribution < 1.29 is 4.92 Å². The van der Waals surface area contributed by atoms with Crippen LogP contribution in [0.3, 0.4) is 0 Å². The van der Waals surface area contributed by atoms with Gasteiger partial charge in [0.1, 0.15) is 0 Å². The normalized spacial score (nSPS) is 8.42. The summed E-state index contributed by atoms with van der Waals surface area (Å²) in [7, 11) is 0. The van der Waals surface area contributed by atoms with Crippen molar-refractivity contribution in [3.8, 4) is 11.2 Å². The molecule has 0 amide bonds. The van der Waals surface area contributed by atoms with Crippen molar-refractivity contribution in [3.05, 3.63) is 39.9 Å². The van der Waals surface area contributed by atoms with Gasteiger partial charge in [-0.1, -0.05) is 18.5 Å². The van der Waals surface area contributed by atoms with E-state index in [-0.39, 0.29) is 5.69 Å². The van der Waals surface area contributed by atoms with Crippen molar-refractivity contribution >= 4 is 18.3 Å². The molecule has 0 unspecified atom stereocenters. The summed E-state index contributed by atoms with van der Waals surface area (Å²) in [5, 5.41) is 12.6. The second-order valence-electron chi connectivity index (χ2n) is 2.04. The molecule has 0 radical (unpaired) electrons. The number of hydrogen-bond donors (Lipinski definition) is 1. The molecule has 0 spiro atoms. The predicted octanol–water partition coefficient (Wildman–Crippen LogP) is 1.83. The fourth-order valence-corrected chi connectivity index (χ4v) is 0.860. The highest BCUT2D eigenvalue weighted by Gasteiger charge is 2.01. The second-order valence-corrected chi connectivity index (χ2v) is 2.26. The molecule has 0 saturated heterocycles. The maximum absolute atomic E-state index is 10.2. The van der Waals surface area contributed by atoms with E-state index in [1.54, 1.807) is 12.1 Å². The third-order valence-electron chi connectivity index (χ3n) is 1.28. The molecule has 0 N–H and O–H groups in total. The van der Waals surface area contributed by atoms with E-state index >= 15 is 0 Å². The highest BCUT2D eigenvalue weighted by molar-refractivity contribution is 7.85. The lowest BCUT2D eigenvalue weighted by atomic mass is 10.2. The van der Waals surface area contributed by atoms with E-state index in [9.17, 15) is 10.1 Å². The maximum Gasteiger partial charge on any atom is 0.269 e. The van der Waals surface area contributed by atoms with Crippen LogP contribution in [0.5, 0.6) is 0 Å². The van der Waals surface area contributed by atoms with Gasteiger partial charge >= 0.3 is 0 Å². The molecule has 1 rings (SSSR count). The van der Waals surface area contributed by atoms with Crippen LogP contribution in [0, 0.1) is 21.3 Å². The van der Waals surface area contributed by atoms with Crippen molar-refractivity contribution in [3.63, 3.8) is 0 Å². The van der Waals surface area contributed by atoms with Crippen LogP contribution in [0.15, 0.2) is 24.3 Å². The summed E-state index contributed by atoms with van der Waals surface area (Å²) in [5.41, 5.74) is 0.787. The van der Waals surface area contributed by atoms with Crippen LogP contribution in [-0.4, -0.2) is 4.92 Å². The summed E-state index contributed by atoms with van der Waals surface area (Å²) < 4.78 is 0. The van der Waals surface area contributed by atoms with Gasteiger partial charge in [-0.3, -0.25) is 10.1 Å². The highest BCUT2D eigenvalue weighted by atomic mass is 32.1. The fraction of sp³-hybridized carbons (Fsp3) is 0. The Bertz CT molecular complexity index is 348. The molecular formula is C8H5NO2S. The summed E-state index contributed by atoms with van der Waals surface area (Å²) in [5.74, 6) is 2.67. The molecule has 0 atom stereocenters. The molecule has 0 aromatic heterocycles. The monoisotopic (exact) mass is 179 g/mol. The molecule has 0 heterocycles. The van der Waals surface area contributed by atoms with E-state index in [4.69, 9.17) is 0 Å². The second kappa shape index (κ2) is 3.79. The first-order valence-corrected chi connectivity index (χ1v) is 3.58. The molecule has 0 bridgehead atoms. The number of hydrogen-bond acceptors (Lipinski definition) is 3. The average molecular weight is 179 g/mol. The minimum Gasteiger partial charge on any atom is -0.258 e. The van der Waals surface area contributed by atoms with E-state index in [1.165, 1.54) is 12.1 Å². The summed E-state index contributed by atoms with van der Waals surface area (Å²) in [6.07, 6.45) is 0. The minimum atomic E-state index is -0.447. The predicted molar refractivity (Wildman–Crippen MR) is 49.0 cm³/mol. The van der Waals surface area contributed by atoms with Crippen molar-refractivity contribution in [2.24, 2.45) is 0 Å². The first-order valence-electron chi connectivity index (χ1n) is 3.13.